The summed E-state index contributed by atoms with van der Waals surface area (Å²) in [5, 5.41) is 2.81. The van der Waals surface area contributed by atoms with Crippen molar-refractivity contribution in [2.45, 2.75) is 57.7 Å². The highest BCUT2D eigenvalue weighted by Gasteiger charge is 2.52. The molecule has 2 amide bonds. The molecule has 3 rings (SSSR count). The average molecular weight is 347 g/mol. The largest absolute Gasteiger partial charge is 0.481 e. The molecule has 3 atom stereocenters. The van der Waals surface area contributed by atoms with Crippen LogP contribution in [0.25, 0.3) is 0 Å². The van der Waals surface area contributed by atoms with Gasteiger partial charge in [-0.05, 0) is 46.1 Å². The fraction of sp³-hybridized carbons (Fsp3) is 0.611. The fourth-order valence-electron chi connectivity index (χ4n) is 3.71. The molecule has 0 spiro atoms. The smallest absolute Gasteiger partial charge is 0.323 e. The SMILES string of the molecule is COc1cccc(NC(=O)N2C3CCC2C(C(=O)OC(C)(C)C)C3)n1. The number of carbonyl (C=O) groups is 2. The van der Waals surface area contributed by atoms with Gasteiger partial charge >= 0.3 is 12.0 Å². The molecule has 2 fully saturated rings. The van der Waals surface area contributed by atoms with Crippen LogP contribution in [0.2, 0.25) is 0 Å². The summed E-state index contributed by atoms with van der Waals surface area (Å²) in [6.45, 7) is 5.57. The molecular formula is C18H25N3O4. The van der Waals surface area contributed by atoms with Crippen molar-refractivity contribution in [3.8, 4) is 5.88 Å². The van der Waals surface area contributed by atoms with Gasteiger partial charge in [0.1, 0.15) is 11.4 Å². The molecule has 2 bridgehead atoms. The Morgan fingerprint density at radius 1 is 1.28 bits per heavy atom. The molecular weight excluding hydrogens is 322 g/mol. The third-order valence-corrected chi connectivity index (χ3v) is 4.65. The average Bonchev–Trinajstić information content (AvgIpc) is 3.11. The second kappa shape index (κ2) is 6.54. The van der Waals surface area contributed by atoms with Crippen molar-refractivity contribution < 1.29 is 19.1 Å². The molecule has 1 aromatic rings. The van der Waals surface area contributed by atoms with Crippen molar-refractivity contribution in [2.24, 2.45) is 5.92 Å². The molecule has 136 valence electrons. The van der Waals surface area contributed by atoms with Gasteiger partial charge in [-0.3, -0.25) is 10.1 Å². The summed E-state index contributed by atoms with van der Waals surface area (Å²) < 4.78 is 10.6. The van der Waals surface area contributed by atoms with Crippen LogP contribution in [-0.4, -0.2) is 46.7 Å². The van der Waals surface area contributed by atoms with Gasteiger partial charge in [-0.15, -0.1) is 0 Å². The standard InChI is InChI=1S/C18H25N3O4/c1-18(2,3)25-16(22)12-10-11-8-9-13(12)21(11)17(23)20-14-6-5-7-15(19-14)24-4/h5-7,11-13H,8-10H2,1-4H3,(H,19,20,23). The second-order valence-electron chi connectivity index (χ2n) is 7.58. The van der Waals surface area contributed by atoms with Crippen LogP contribution in [0.3, 0.4) is 0 Å². The van der Waals surface area contributed by atoms with E-state index >= 15 is 0 Å². The molecule has 2 aliphatic heterocycles. The van der Waals surface area contributed by atoms with Gasteiger partial charge in [0.25, 0.3) is 0 Å². The number of nitrogens with zero attached hydrogens (tertiary/aromatic N) is 2. The monoisotopic (exact) mass is 347 g/mol. The Balaban J connectivity index is 1.68. The fourth-order valence-corrected chi connectivity index (χ4v) is 3.71. The topological polar surface area (TPSA) is 80.8 Å². The zero-order chi connectivity index (χ0) is 18.2. The molecule has 0 radical (unpaired) electrons. The number of hydrogen-bond donors (Lipinski definition) is 1. The Bertz CT molecular complexity index is 671. The summed E-state index contributed by atoms with van der Waals surface area (Å²) in [5.41, 5.74) is -0.517. The van der Waals surface area contributed by atoms with Gasteiger partial charge in [-0.1, -0.05) is 6.07 Å². The maximum atomic E-state index is 12.7. The Morgan fingerprint density at radius 2 is 2.04 bits per heavy atom. The lowest BCUT2D eigenvalue weighted by molar-refractivity contribution is -0.160. The van der Waals surface area contributed by atoms with Crippen LogP contribution >= 0.6 is 0 Å². The summed E-state index contributed by atoms with van der Waals surface area (Å²) >= 11 is 0. The van der Waals surface area contributed by atoms with Crippen molar-refractivity contribution >= 4 is 17.8 Å². The summed E-state index contributed by atoms with van der Waals surface area (Å²) in [4.78, 5) is 31.2. The first-order valence-electron chi connectivity index (χ1n) is 8.62. The van der Waals surface area contributed by atoms with Crippen molar-refractivity contribution in [3.05, 3.63) is 18.2 Å². The van der Waals surface area contributed by atoms with E-state index in [0.29, 0.717) is 18.1 Å². The van der Waals surface area contributed by atoms with Crippen molar-refractivity contribution in [3.63, 3.8) is 0 Å². The van der Waals surface area contributed by atoms with E-state index in [1.165, 1.54) is 7.11 Å². The summed E-state index contributed by atoms with van der Waals surface area (Å²) in [6.07, 6.45) is 2.41. The lowest BCUT2D eigenvalue weighted by Gasteiger charge is -2.26. The van der Waals surface area contributed by atoms with E-state index in [2.05, 4.69) is 10.3 Å². The number of urea groups is 1. The number of carbonyl (C=O) groups excluding carboxylic acids is 2. The van der Waals surface area contributed by atoms with Gasteiger partial charge in [-0.25, -0.2) is 4.79 Å². The molecule has 0 aliphatic carbocycles. The van der Waals surface area contributed by atoms with E-state index < -0.39 is 5.60 Å². The number of amides is 2. The number of nitrogens with one attached hydrogen (secondary N) is 1. The maximum Gasteiger partial charge on any atom is 0.323 e. The molecule has 1 aromatic heterocycles. The van der Waals surface area contributed by atoms with Crippen LogP contribution in [0.5, 0.6) is 5.88 Å². The van der Waals surface area contributed by atoms with Crippen molar-refractivity contribution in [1.29, 1.82) is 0 Å². The highest BCUT2D eigenvalue weighted by molar-refractivity contribution is 5.90. The van der Waals surface area contributed by atoms with E-state index in [9.17, 15) is 9.59 Å². The molecule has 0 aromatic carbocycles. The first-order valence-corrected chi connectivity index (χ1v) is 8.62. The minimum absolute atomic E-state index is 0.0770. The number of methoxy groups -OCH3 is 1. The number of rotatable bonds is 3. The normalized spacial score (nSPS) is 25.0. The molecule has 7 heteroatoms. The zero-order valence-corrected chi connectivity index (χ0v) is 15.1. The lowest BCUT2D eigenvalue weighted by atomic mass is 9.89. The summed E-state index contributed by atoms with van der Waals surface area (Å²) in [7, 11) is 1.53. The predicted molar refractivity (Wildman–Crippen MR) is 92.4 cm³/mol. The van der Waals surface area contributed by atoms with E-state index in [4.69, 9.17) is 9.47 Å². The maximum absolute atomic E-state index is 12.7. The van der Waals surface area contributed by atoms with E-state index in [1.54, 1.807) is 23.1 Å². The quantitative estimate of drug-likeness (QED) is 0.851. The predicted octanol–water partition coefficient (Wildman–Crippen LogP) is 2.82. The highest BCUT2D eigenvalue weighted by atomic mass is 16.6. The van der Waals surface area contributed by atoms with E-state index in [-0.39, 0.29) is 30.0 Å². The molecule has 7 nitrogen and oxygen atoms in total. The Morgan fingerprint density at radius 3 is 2.72 bits per heavy atom. The minimum atomic E-state index is -0.517. The van der Waals surface area contributed by atoms with Crippen LogP contribution < -0.4 is 10.1 Å². The Kier molecular flexibility index (Phi) is 4.58. The highest BCUT2D eigenvalue weighted by Crippen LogP contribution is 2.43. The van der Waals surface area contributed by atoms with Gasteiger partial charge in [0, 0.05) is 18.2 Å². The van der Waals surface area contributed by atoms with Crippen molar-refractivity contribution in [2.75, 3.05) is 12.4 Å². The minimum Gasteiger partial charge on any atom is -0.481 e. The van der Waals surface area contributed by atoms with Crippen LogP contribution in [0, 0.1) is 5.92 Å². The first-order chi connectivity index (χ1) is 11.8. The first kappa shape index (κ1) is 17.5. The third-order valence-electron chi connectivity index (χ3n) is 4.65. The van der Waals surface area contributed by atoms with Crippen molar-refractivity contribution in [1.82, 2.24) is 9.88 Å². The molecule has 25 heavy (non-hydrogen) atoms. The second-order valence-corrected chi connectivity index (χ2v) is 7.58. The molecule has 2 saturated heterocycles. The number of hydrogen-bond acceptors (Lipinski definition) is 5. The number of pyridine rings is 1. The molecule has 1 N–H and O–H groups in total. The molecule has 3 unspecified atom stereocenters. The Hall–Kier alpha value is -2.31. The van der Waals surface area contributed by atoms with Gasteiger partial charge in [-0.2, -0.15) is 4.98 Å². The van der Waals surface area contributed by atoms with Gasteiger partial charge in [0.05, 0.1) is 13.0 Å². The van der Waals surface area contributed by atoms with Gasteiger partial charge in [0.2, 0.25) is 5.88 Å². The van der Waals surface area contributed by atoms with Crippen LogP contribution in [-0.2, 0) is 9.53 Å². The van der Waals surface area contributed by atoms with Crippen LogP contribution in [0.4, 0.5) is 10.6 Å². The molecule has 0 saturated carbocycles. The van der Waals surface area contributed by atoms with Gasteiger partial charge in [0.15, 0.2) is 0 Å². The lowest BCUT2D eigenvalue weighted by Crippen LogP contribution is -2.41. The third kappa shape index (κ3) is 3.70. The zero-order valence-electron chi connectivity index (χ0n) is 15.1. The van der Waals surface area contributed by atoms with E-state index in [0.717, 1.165) is 12.8 Å². The molecule has 3 heterocycles. The number of esters is 1. The molecule has 2 aliphatic rings. The summed E-state index contributed by atoms with van der Waals surface area (Å²) in [5.74, 6) is 0.414. The Labute approximate surface area is 147 Å². The van der Waals surface area contributed by atoms with Gasteiger partial charge < -0.3 is 14.4 Å². The number of anilines is 1. The number of aromatic nitrogens is 1. The summed E-state index contributed by atoms with van der Waals surface area (Å²) in [6, 6.07) is 4.94. The number of ether oxygens (including phenoxy) is 2. The number of fused-ring (bicyclic) bond motifs is 2. The van der Waals surface area contributed by atoms with E-state index in [1.807, 2.05) is 20.8 Å². The van der Waals surface area contributed by atoms with Crippen LogP contribution in [0.15, 0.2) is 18.2 Å². The van der Waals surface area contributed by atoms with Crippen LogP contribution in [0.1, 0.15) is 40.0 Å².